The quantitative estimate of drug-likeness (QED) is 0.691. The zero-order valence-electron chi connectivity index (χ0n) is 16.1. The van der Waals surface area contributed by atoms with Crippen molar-refractivity contribution >= 4 is 22.7 Å². The molecule has 3 rings (SSSR count). The summed E-state index contributed by atoms with van der Waals surface area (Å²) < 4.78 is 29.9. The minimum atomic E-state index is -1.33. The molecule has 1 aliphatic carbocycles. The van der Waals surface area contributed by atoms with E-state index < -0.39 is 34.9 Å². The highest BCUT2D eigenvalue weighted by Gasteiger charge is 2.33. The number of primary amides is 1. The van der Waals surface area contributed by atoms with Gasteiger partial charge in [-0.2, -0.15) is 5.26 Å². The van der Waals surface area contributed by atoms with Crippen molar-refractivity contribution in [3.63, 3.8) is 0 Å². The summed E-state index contributed by atoms with van der Waals surface area (Å²) in [5, 5.41) is 12.5. The molecule has 0 saturated heterocycles. The zero-order valence-corrected chi connectivity index (χ0v) is 16.1. The molecule has 1 aromatic carbocycles. The van der Waals surface area contributed by atoms with E-state index in [0.717, 1.165) is 0 Å². The number of aromatic amines is 1. The number of fused-ring (bicyclic) bond motifs is 1. The minimum Gasteiger partial charge on any atom is -0.365 e. The highest BCUT2D eigenvalue weighted by molar-refractivity contribution is 6.08. The normalized spacial score (nSPS) is 18.6. The smallest absolute Gasteiger partial charge is 0.296 e. The van der Waals surface area contributed by atoms with E-state index in [4.69, 9.17) is 5.73 Å². The first-order valence-electron chi connectivity index (χ1n) is 9.26. The molecular formula is C21H20F2N4O2. The molecule has 2 atom stereocenters. The molecule has 2 amide bonds. The van der Waals surface area contributed by atoms with E-state index in [9.17, 15) is 19.2 Å². The van der Waals surface area contributed by atoms with Crippen molar-refractivity contribution in [3.8, 4) is 17.9 Å². The molecule has 150 valence electrons. The third-order valence-electron chi connectivity index (χ3n) is 5.37. The predicted octanol–water partition coefficient (Wildman–Crippen LogP) is 2.89. The highest BCUT2D eigenvalue weighted by Crippen LogP contribution is 2.42. The van der Waals surface area contributed by atoms with E-state index in [1.54, 1.807) is 13.8 Å². The highest BCUT2D eigenvalue weighted by atomic mass is 19.2. The second-order valence-electron chi connectivity index (χ2n) is 7.18. The van der Waals surface area contributed by atoms with Crippen molar-refractivity contribution in [1.82, 2.24) is 10.3 Å². The number of benzene rings is 1. The Kier molecular flexibility index (Phi) is 5.56. The van der Waals surface area contributed by atoms with Gasteiger partial charge in [0.15, 0.2) is 11.6 Å². The number of nitrogens with one attached hydrogen (secondary N) is 2. The Labute approximate surface area is 166 Å². The van der Waals surface area contributed by atoms with Crippen LogP contribution in [0.25, 0.3) is 10.9 Å². The number of nitrogens with two attached hydrogens (primary N) is 1. The molecule has 6 nitrogen and oxygen atoms in total. The molecule has 1 fully saturated rings. The van der Waals surface area contributed by atoms with E-state index in [0.29, 0.717) is 31.4 Å². The Morgan fingerprint density at radius 3 is 2.62 bits per heavy atom. The molecule has 8 heteroatoms. The summed E-state index contributed by atoms with van der Waals surface area (Å²) in [7, 11) is 0. The number of nitriles is 1. The van der Waals surface area contributed by atoms with E-state index in [-0.39, 0.29) is 28.1 Å². The van der Waals surface area contributed by atoms with E-state index in [2.05, 4.69) is 22.1 Å². The van der Waals surface area contributed by atoms with Crippen molar-refractivity contribution < 1.29 is 18.4 Å². The number of amides is 2. The lowest BCUT2D eigenvalue weighted by molar-refractivity contribution is -0.116. The van der Waals surface area contributed by atoms with Crippen LogP contribution in [0.2, 0.25) is 0 Å². The van der Waals surface area contributed by atoms with E-state index in [1.807, 2.05) is 6.07 Å². The van der Waals surface area contributed by atoms with Crippen molar-refractivity contribution in [1.29, 1.82) is 5.26 Å². The maximum absolute atomic E-state index is 15.2. The fourth-order valence-electron chi connectivity index (χ4n) is 4.20. The number of nitrogens with zero attached hydrogens (tertiary/aromatic N) is 1. The molecule has 0 bridgehead atoms. The molecule has 29 heavy (non-hydrogen) atoms. The van der Waals surface area contributed by atoms with E-state index in [1.165, 1.54) is 0 Å². The van der Waals surface area contributed by atoms with Crippen molar-refractivity contribution in [2.24, 2.45) is 5.73 Å². The van der Waals surface area contributed by atoms with Crippen LogP contribution in [0.5, 0.6) is 0 Å². The van der Waals surface area contributed by atoms with Gasteiger partial charge in [-0.1, -0.05) is 12.3 Å². The Balaban J connectivity index is 2.16. The van der Waals surface area contributed by atoms with Gasteiger partial charge in [0.25, 0.3) is 11.8 Å². The van der Waals surface area contributed by atoms with Gasteiger partial charge in [0.2, 0.25) is 0 Å². The number of halogens is 2. The SMILES string of the molecule is CC#CC(=O)N[C@@H]1CCCC(c2c(F)c(F)c(C(N)=O)c3[nH]c(C)c(C#N)c23)C1. The summed E-state index contributed by atoms with van der Waals surface area (Å²) in [6.45, 7) is 3.15. The van der Waals surface area contributed by atoms with Gasteiger partial charge in [0, 0.05) is 22.7 Å². The van der Waals surface area contributed by atoms with Crippen molar-refractivity contribution in [3.05, 3.63) is 34.0 Å². The average molecular weight is 398 g/mol. The lowest BCUT2D eigenvalue weighted by atomic mass is 9.79. The van der Waals surface area contributed by atoms with Gasteiger partial charge in [-0.25, -0.2) is 8.78 Å². The maximum atomic E-state index is 15.2. The summed E-state index contributed by atoms with van der Waals surface area (Å²) in [5.74, 6) is 0.449. The fraction of sp³-hybridized carbons (Fsp3) is 0.381. The first kappa shape index (κ1) is 20.3. The summed E-state index contributed by atoms with van der Waals surface area (Å²) >= 11 is 0. The molecule has 1 heterocycles. The minimum absolute atomic E-state index is 0.0310. The van der Waals surface area contributed by atoms with Gasteiger partial charge in [-0.3, -0.25) is 9.59 Å². The molecule has 1 aliphatic rings. The zero-order chi connectivity index (χ0) is 21.3. The molecule has 0 spiro atoms. The summed E-state index contributed by atoms with van der Waals surface area (Å²) in [6, 6.07) is 1.76. The van der Waals surface area contributed by atoms with Crippen LogP contribution in [0.3, 0.4) is 0 Å². The first-order chi connectivity index (χ1) is 13.8. The van der Waals surface area contributed by atoms with Crippen LogP contribution >= 0.6 is 0 Å². The Hall–Kier alpha value is -3.39. The number of aromatic nitrogens is 1. The molecule has 1 aromatic heterocycles. The monoisotopic (exact) mass is 398 g/mol. The topological polar surface area (TPSA) is 112 Å². The van der Waals surface area contributed by atoms with Gasteiger partial charge < -0.3 is 16.0 Å². The third kappa shape index (κ3) is 3.54. The predicted molar refractivity (Wildman–Crippen MR) is 103 cm³/mol. The number of rotatable bonds is 3. The molecule has 0 aliphatic heterocycles. The number of carbonyl (C=O) groups is 2. The van der Waals surface area contributed by atoms with Gasteiger partial charge in [-0.05, 0) is 44.9 Å². The second-order valence-corrected chi connectivity index (χ2v) is 7.18. The van der Waals surface area contributed by atoms with Crippen LogP contribution in [0.4, 0.5) is 8.78 Å². The molecule has 2 aromatic rings. The first-order valence-corrected chi connectivity index (χ1v) is 9.26. The van der Waals surface area contributed by atoms with E-state index >= 15 is 4.39 Å². The Morgan fingerprint density at radius 2 is 2.00 bits per heavy atom. The molecule has 1 unspecified atom stereocenters. The lowest BCUT2D eigenvalue weighted by Crippen LogP contribution is -2.37. The van der Waals surface area contributed by atoms with Gasteiger partial charge in [-0.15, -0.1) is 0 Å². The van der Waals surface area contributed by atoms with Crippen molar-refractivity contribution in [2.75, 3.05) is 0 Å². The van der Waals surface area contributed by atoms with Gasteiger partial charge in [0.1, 0.15) is 11.6 Å². The average Bonchev–Trinajstić information content (AvgIpc) is 2.97. The number of hydrogen-bond acceptors (Lipinski definition) is 3. The molecular weight excluding hydrogens is 378 g/mol. The van der Waals surface area contributed by atoms with Crippen LogP contribution in [-0.2, 0) is 4.79 Å². The number of carbonyl (C=O) groups excluding carboxylic acids is 2. The number of hydrogen-bond donors (Lipinski definition) is 3. The van der Waals surface area contributed by atoms with Crippen molar-refractivity contribution in [2.45, 2.75) is 51.5 Å². The third-order valence-corrected chi connectivity index (χ3v) is 5.37. The summed E-state index contributed by atoms with van der Waals surface area (Å²) in [4.78, 5) is 26.4. The number of H-pyrrole nitrogens is 1. The summed E-state index contributed by atoms with van der Waals surface area (Å²) in [5.41, 5.74) is 5.31. The maximum Gasteiger partial charge on any atom is 0.296 e. The van der Waals surface area contributed by atoms with Gasteiger partial charge >= 0.3 is 0 Å². The molecule has 1 saturated carbocycles. The summed E-state index contributed by atoms with van der Waals surface area (Å²) in [6.07, 6.45) is 2.30. The lowest BCUT2D eigenvalue weighted by Gasteiger charge is -2.30. The standard InChI is InChI=1S/C21H20F2N4O2/c1-3-5-14(28)27-12-7-4-6-11(8-12)15-16-13(9-24)10(2)26-20(16)17(21(25)29)19(23)18(15)22/h11-12,26H,4,6-8H2,1-2H3,(H2,25,29)(H,27,28)/t11?,12-/m1/s1. The van der Waals surface area contributed by atoms with Gasteiger partial charge in [0.05, 0.1) is 11.1 Å². The van der Waals surface area contributed by atoms with Crippen LogP contribution < -0.4 is 11.1 Å². The van der Waals surface area contributed by atoms with Crippen LogP contribution in [0.1, 0.15) is 65.7 Å². The fourth-order valence-corrected chi connectivity index (χ4v) is 4.20. The largest absolute Gasteiger partial charge is 0.365 e. The van der Waals surface area contributed by atoms with Crippen LogP contribution in [-0.4, -0.2) is 22.8 Å². The molecule has 0 radical (unpaired) electrons. The Morgan fingerprint density at radius 1 is 1.28 bits per heavy atom. The number of aryl methyl sites for hydroxylation is 1. The Bertz CT molecular complexity index is 1120. The van der Waals surface area contributed by atoms with Crippen LogP contribution in [0, 0.1) is 41.7 Å². The van der Waals surface area contributed by atoms with Crippen LogP contribution in [0.15, 0.2) is 0 Å². The molecule has 4 N–H and O–H groups in total. The second kappa shape index (κ2) is 7.92.